The summed E-state index contributed by atoms with van der Waals surface area (Å²) in [6.45, 7) is 13.8. The maximum absolute atomic E-state index is 6.04. The molecule has 1 heterocycles. The van der Waals surface area contributed by atoms with Crippen molar-refractivity contribution in [3.8, 4) is 0 Å². The number of nitrogens with zero attached hydrogens (tertiary/aromatic N) is 1. The minimum absolute atomic E-state index is 0.228. The number of hydrogen-bond acceptors (Lipinski definition) is 2. The van der Waals surface area contributed by atoms with Crippen molar-refractivity contribution < 1.29 is 0 Å². The summed E-state index contributed by atoms with van der Waals surface area (Å²) in [7, 11) is 0. The second-order valence-electron chi connectivity index (χ2n) is 6.24. The van der Waals surface area contributed by atoms with Gasteiger partial charge in [0, 0.05) is 25.2 Å². The minimum atomic E-state index is 0.228. The van der Waals surface area contributed by atoms with E-state index in [1.165, 1.54) is 19.4 Å². The highest BCUT2D eigenvalue weighted by Gasteiger charge is 2.30. The van der Waals surface area contributed by atoms with Crippen molar-refractivity contribution in [2.75, 3.05) is 13.1 Å². The van der Waals surface area contributed by atoms with Crippen molar-refractivity contribution in [3.63, 3.8) is 0 Å². The summed E-state index contributed by atoms with van der Waals surface area (Å²) in [6.07, 6.45) is 2.73. The summed E-state index contributed by atoms with van der Waals surface area (Å²) in [4.78, 5) is 2.62. The summed E-state index contributed by atoms with van der Waals surface area (Å²) in [5, 5.41) is 0. The molecule has 0 bridgehead atoms. The van der Waals surface area contributed by atoms with E-state index >= 15 is 0 Å². The third kappa shape index (κ3) is 3.46. The van der Waals surface area contributed by atoms with Crippen LogP contribution in [0.4, 0.5) is 0 Å². The molecule has 0 aliphatic carbocycles. The largest absolute Gasteiger partial charge is 0.327 e. The maximum atomic E-state index is 6.04. The van der Waals surface area contributed by atoms with Crippen molar-refractivity contribution in [2.24, 2.45) is 17.1 Å². The van der Waals surface area contributed by atoms with Crippen molar-refractivity contribution in [1.29, 1.82) is 0 Å². The fraction of sp³-hybridized carbons (Fsp3) is 1.00. The van der Waals surface area contributed by atoms with Gasteiger partial charge in [0.15, 0.2) is 0 Å². The van der Waals surface area contributed by atoms with Gasteiger partial charge in [0.05, 0.1) is 0 Å². The van der Waals surface area contributed by atoms with Gasteiger partial charge < -0.3 is 5.73 Å². The molecule has 0 amide bonds. The standard InChI is InChI=1S/C13H28N2/c1-10-6-7-11(2)15(8-10)9-13(4,5)12(3)14/h10-12H,6-9,14H2,1-5H3. The predicted octanol–water partition coefficient (Wildman–Crippen LogP) is 2.48. The normalized spacial score (nSPS) is 31.6. The lowest BCUT2D eigenvalue weighted by molar-refractivity contribution is 0.0718. The van der Waals surface area contributed by atoms with Gasteiger partial charge in [0.25, 0.3) is 0 Å². The molecule has 1 aliphatic rings. The Morgan fingerprint density at radius 1 is 1.33 bits per heavy atom. The monoisotopic (exact) mass is 212 g/mol. The first-order chi connectivity index (χ1) is 6.83. The number of likely N-dealkylation sites (tertiary alicyclic amines) is 1. The molecule has 1 rings (SSSR count). The van der Waals surface area contributed by atoms with Gasteiger partial charge in [-0.3, -0.25) is 4.90 Å². The van der Waals surface area contributed by atoms with E-state index in [0.717, 1.165) is 18.5 Å². The Morgan fingerprint density at radius 3 is 2.47 bits per heavy atom. The van der Waals surface area contributed by atoms with Crippen LogP contribution in [0.1, 0.15) is 47.5 Å². The zero-order valence-electron chi connectivity index (χ0n) is 11.1. The highest BCUT2D eigenvalue weighted by atomic mass is 15.2. The summed E-state index contributed by atoms with van der Waals surface area (Å²) in [5.74, 6) is 0.852. The van der Waals surface area contributed by atoms with Crippen LogP contribution in [0, 0.1) is 11.3 Å². The first-order valence-corrected chi connectivity index (χ1v) is 6.32. The Labute approximate surface area is 95.2 Å². The van der Waals surface area contributed by atoms with E-state index in [-0.39, 0.29) is 11.5 Å². The molecule has 3 unspecified atom stereocenters. The van der Waals surface area contributed by atoms with E-state index in [9.17, 15) is 0 Å². The first kappa shape index (κ1) is 13.0. The Bertz CT molecular complexity index is 199. The zero-order chi connectivity index (χ0) is 11.6. The second-order valence-corrected chi connectivity index (χ2v) is 6.24. The summed E-state index contributed by atoms with van der Waals surface area (Å²) in [5.41, 5.74) is 6.27. The third-order valence-corrected chi connectivity index (χ3v) is 4.09. The maximum Gasteiger partial charge on any atom is 0.00739 e. The molecule has 0 aromatic heterocycles. The SMILES string of the molecule is CC1CCC(C)N(CC(C)(C)C(C)N)C1. The first-order valence-electron chi connectivity index (χ1n) is 6.32. The highest BCUT2D eigenvalue weighted by molar-refractivity contribution is 4.86. The molecule has 2 N–H and O–H groups in total. The lowest BCUT2D eigenvalue weighted by Gasteiger charge is -2.42. The average molecular weight is 212 g/mol. The van der Waals surface area contributed by atoms with Crippen LogP contribution in [0.3, 0.4) is 0 Å². The Kier molecular flexibility index (Phi) is 4.19. The van der Waals surface area contributed by atoms with Gasteiger partial charge in [-0.05, 0) is 38.0 Å². The van der Waals surface area contributed by atoms with Crippen LogP contribution in [0.5, 0.6) is 0 Å². The summed E-state index contributed by atoms with van der Waals surface area (Å²) >= 11 is 0. The molecule has 2 heteroatoms. The van der Waals surface area contributed by atoms with Gasteiger partial charge in [-0.15, -0.1) is 0 Å². The second kappa shape index (κ2) is 4.84. The van der Waals surface area contributed by atoms with Gasteiger partial charge in [-0.1, -0.05) is 20.8 Å². The molecular formula is C13H28N2. The Balaban J connectivity index is 2.55. The van der Waals surface area contributed by atoms with E-state index in [1.807, 2.05) is 0 Å². The lowest BCUT2D eigenvalue weighted by atomic mass is 9.83. The predicted molar refractivity (Wildman–Crippen MR) is 66.9 cm³/mol. The fourth-order valence-corrected chi connectivity index (χ4v) is 2.27. The molecule has 2 nitrogen and oxygen atoms in total. The van der Waals surface area contributed by atoms with Gasteiger partial charge >= 0.3 is 0 Å². The molecule has 0 aromatic rings. The van der Waals surface area contributed by atoms with Crippen molar-refractivity contribution >= 4 is 0 Å². The van der Waals surface area contributed by atoms with E-state index in [1.54, 1.807) is 0 Å². The van der Waals surface area contributed by atoms with E-state index in [4.69, 9.17) is 5.73 Å². The molecule has 0 saturated carbocycles. The number of rotatable bonds is 3. The summed E-state index contributed by atoms with van der Waals surface area (Å²) < 4.78 is 0. The van der Waals surface area contributed by atoms with Crippen LogP contribution in [0.15, 0.2) is 0 Å². The average Bonchev–Trinajstić information content (AvgIpc) is 2.10. The van der Waals surface area contributed by atoms with Crippen molar-refractivity contribution in [3.05, 3.63) is 0 Å². The molecular weight excluding hydrogens is 184 g/mol. The molecule has 0 radical (unpaired) electrons. The Morgan fingerprint density at radius 2 is 1.93 bits per heavy atom. The van der Waals surface area contributed by atoms with Gasteiger partial charge in [0.1, 0.15) is 0 Å². The topological polar surface area (TPSA) is 29.3 Å². The zero-order valence-corrected chi connectivity index (χ0v) is 11.1. The minimum Gasteiger partial charge on any atom is -0.327 e. The van der Waals surface area contributed by atoms with Gasteiger partial charge in [-0.2, -0.15) is 0 Å². The highest BCUT2D eigenvalue weighted by Crippen LogP contribution is 2.27. The van der Waals surface area contributed by atoms with Crippen LogP contribution < -0.4 is 5.73 Å². The van der Waals surface area contributed by atoms with Crippen molar-refractivity contribution in [2.45, 2.75) is 59.5 Å². The van der Waals surface area contributed by atoms with Gasteiger partial charge in [-0.25, -0.2) is 0 Å². The number of nitrogens with two attached hydrogens (primary N) is 1. The smallest absolute Gasteiger partial charge is 0.00739 e. The van der Waals surface area contributed by atoms with Crippen molar-refractivity contribution in [1.82, 2.24) is 4.90 Å². The molecule has 0 aromatic carbocycles. The van der Waals surface area contributed by atoms with Crippen LogP contribution in [-0.4, -0.2) is 30.1 Å². The number of hydrogen-bond donors (Lipinski definition) is 1. The van der Waals surface area contributed by atoms with Crippen LogP contribution >= 0.6 is 0 Å². The molecule has 1 fully saturated rings. The molecule has 90 valence electrons. The van der Waals surface area contributed by atoms with Crippen LogP contribution in [0.25, 0.3) is 0 Å². The van der Waals surface area contributed by atoms with Gasteiger partial charge in [0.2, 0.25) is 0 Å². The number of piperidine rings is 1. The fourth-order valence-electron chi connectivity index (χ4n) is 2.27. The molecule has 3 atom stereocenters. The van der Waals surface area contributed by atoms with E-state index in [0.29, 0.717) is 0 Å². The lowest BCUT2D eigenvalue weighted by Crippen LogP contribution is -2.50. The van der Waals surface area contributed by atoms with Crippen LogP contribution in [0.2, 0.25) is 0 Å². The summed E-state index contributed by atoms with van der Waals surface area (Å²) in [6, 6.07) is 1.00. The molecule has 1 aliphatic heterocycles. The molecule has 0 spiro atoms. The third-order valence-electron chi connectivity index (χ3n) is 4.09. The Hall–Kier alpha value is -0.0800. The van der Waals surface area contributed by atoms with E-state index < -0.39 is 0 Å². The van der Waals surface area contributed by atoms with Crippen LogP contribution in [-0.2, 0) is 0 Å². The molecule has 1 saturated heterocycles. The quantitative estimate of drug-likeness (QED) is 0.779. The van der Waals surface area contributed by atoms with E-state index in [2.05, 4.69) is 39.5 Å². The molecule has 15 heavy (non-hydrogen) atoms.